The number of benzene rings is 1. The molecule has 1 saturated heterocycles. The molecule has 1 aromatic heterocycles. The molecule has 1 fully saturated rings. The number of imidazole rings is 1. The molecule has 3 rings (SSSR count). The Labute approximate surface area is 119 Å². The number of aromatic nitrogens is 2. The monoisotopic (exact) mass is 293 g/mol. The van der Waals surface area contributed by atoms with Gasteiger partial charge in [0.1, 0.15) is 5.82 Å². The third kappa shape index (κ3) is 2.45. The summed E-state index contributed by atoms with van der Waals surface area (Å²) in [4.78, 5) is 7.82. The minimum absolute atomic E-state index is 0.193. The Bertz CT molecular complexity index is 669. The van der Waals surface area contributed by atoms with Gasteiger partial charge in [-0.05, 0) is 18.6 Å². The molecule has 1 aliphatic rings. The SMILES string of the molecule is CCCCS(=O)(=O)N1CC(c2nc3ccccc3[nH]2)C1. The molecule has 0 bridgehead atoms. The molecule has 0 saturated carbocycles. The van der Waals surface area contributed by atoms with Gasteiger partial charge in [0.05, 0.1) is 16.8 Å². The van der Waals surface area contributed by atoms with Crippen molar-refractivity contribution in [2.45, 2.75) is 25.7 Å². The van der Waals surface area contributed by atoms with Crippen LogP contribution in [0.25, 0.3) is 11.0 Å². The number of hydrogen-bond acceptors (Lipinski definition) is 3. The average Bonchev–Trinajstić information content (AvgIpc) is 2.77. The lowest BCUT2D eigenvalue weighted by Gasteiger charge is -2.36. The highest BCUT2D eigenvalue weighted by Crippen LogP contribution is 2.29. The molecule has 6 heteroatoms. The summed E-state index contributed by atoms with van der Waals surface area (Å²) < 4.78 is 25.6. The molecule has 2 heterocycles. The van der Waals surface area contributed by atoms with Crippen molar-refractivity contribution in [2.75, 3.05) is 18.8 Å². The van der Waals surface area contributed by atoms with Crippen LogP contribution in [0.15, 0.2) is 24.3 Å². The normalized spacial score (nSPS) is 17.4. The second kappa shape index (κ2) is 5.18. The molecule has 108 valence electrons. The van der Waals surface area contributed by atoms with Crippen LogP contribution >= 0.6 is 0 Å². The quantitative estimate of drug-likeness (QED) is 0.918. The van der Waals surface area contributed by atoms with Crippen LogP contribution in [0, 0.1) is 0 Å². The second-order valence-corrected chi connectivity index (χ2v) is 7.41. The minimum atomic E-state index is -3.07. The maximum atomic E-state index is 12.0. The fourth-order valence-electron chi connectivity index (χ4n) is 2.46. The number of sulfonamides is 1. The lowest BCUT2D eigenvalue weighted by molar-refractivity contribution is 0.257. The summed E-state index contributed by atoms with van der Waals surface area (Å²) in [7, 11) is -3.07. The van der Waals surface area contributed by atoms with Crippen LogP contribution < -0.4 is 0 Å². The van der Waals surface area contributed by atoms with Crippen LogP contribution in [0.3, 0.4) is 0 Å². The summed E-state index contributed by atoms with van der Waals surface area (Å²) >= 11 is 0. The number of aromatic amines is 1. The van der Waals surface area contributed by atoms with Gasteiger partial charge in [-0.2, -0.15) is 0 Å². The third-order valence-electron chi connectivity index (χ3n) is 3.79. The number of H-pyrrole nitrogens is 1. The van der Waals surface area contributed by atoms with Crippen molar-refractivity contribution in [3.8, 4) is 0 Å². The highest BCUT2D eigenvalue weighted by atomic mass is 32.2. The van der Waals surface area contributed by atoms with E-state index in [0.717, 1.165) is 29.7 Å². The number of para-hydroxylation sites is 2. The molecule has 2 aromatic rings. The molecule has 20 heavy (non-hydrogen) atoms. The van der Waals surface area contributed by atoms with Gasteiger partial charge in [0.15, 0.2) is 0 Å². The van der Waals surface area contributed by atoms with Gasteiger partial charge in [-0.1, -0.05) is 25.5 Å². The van der Waals surface area contributed by atoms with Gasteiger partial charge in [-0.25, -0.2) is 17.7 Å². The molecule has 0 aliphatic carbocycles. The van der Waals surface area contributed by atoms with E-state index in [9.17, 15) is 8.42 Å². The van der Waals surface area contributed by atoms with Crippen LogP contribution in [0.4, 0.5) is 0 Å². The fourth-order valence-corrected chi connectivity index (χ4v) is 4.19. The molecule has 0 radical (unpaired) electrons. The molecule has 5 nitrogen and oxygen atoms in total. The lowest BCUT2D eigenvalue weighted by atomic mass is 10.0. The largest absolute Gasteiger partial charge is 0.342 e. The first kappa shape index (κ1) is 13.6. The Morgan fingerprint density at radius 3 is 2.80 bits per heavy atom. The van der Waals surface area contributed by atoms with Gasteiger partial charge < -0.3 is 4.98 Å². The summed E-state index contributed by atoms with van der Waals surface area (Å²) in [6.07, 6.45) is 1.63. The zero-order chi connectivity index (χ0) is 14.2. The van der Waals surface area contributed by atoms with Crippen LogP contribution in [-0.2, 0) is 10.0 Å². The Kier molecular flexibility index (Phi) is 3.52. The van der Waals surface area contributed by atoms with E-state index >= 15 is 0 Å². The van der Waals surface area contributed by atoms with Crippen LogP contribution in [0.1, 0.15) is 31.5 Å². The van der Waals surface area contributed by atoms with Gasteiger partial charge in [0, 0.05) is 19.0 Å². The van der Waals surface area contributed by atoms with Gasteiger partial charge in [0.2, 0.25) is 10.0 Å². The summed E-state index contributed by atoms with van der Waals surface area (Å²) in [5.74, 6) is 1.35. The molecular weight excluding hydrogens is 274 g/mol. The first-order valence-corrected chi connectivity index (χ1v) is 8.63. The van der Waals surface area contributed by atoms with Crippen LogP contribution in [0.5, 0.6) is 0 Å². The molecule has 0 spiro atoms. The van der Waals surface area contributed by atoms with E-state index in [2.05, 4.69) is 9.97 Å². The molecule has 1 aliphatic heterocycles. The number of fused-ring (bicyclic) bond motifs is 1. The van der Waals surface area contributed by atoms with E-state index in [-0.39, 0.29) is 11.7 Å². The predicted octanol–water partition coefficient (Wildman–Crippen LogP) is 2.09. The first-order valence-electron chi connectivity index (χ1n) is 7.02. The molecule has 0 atom stereocenters. The van der Waals surface area contributed by atoms with Crippen molar-refractivity contribution < 1.29 is 8.42 Å². The maximum Gasteiger partial charge on any atom is 0.214 e. The number of nitrogens with one attached hydrogen (secondary N) is 1. The standard InChI is InChI=1S/C14H19N3O2S/c1-2-3-8-20(18,19)17-9-11(10-17)14-15-12-6-4-5-7-13(12)16-14/h4-7,11H,2-3,8-10H2,1H3,(H,15,16). The zero-order valence-electron chi connectivity index (χ0n) is 11.5. The fraction of sp³-hybridized carbons (Fsp3) is 0.500. The van der Waals surface area contributed by atoms with Crippen molar-refractivity contribution in [3.05, 3.63) is 30.1 Å². The van der Waals surface area contributed by atoms with E-state index in [1.165, 1.54) is 0 Å². The van der Waals surface area contributed by atoms with Crippen LogP contribution in [0.2, 0.25) is 0 Å². The molecule has 1 N–H and O–H groups in total. The van der Waals surface area contributed by atoms with Gasteiger partial charge in [-0.3, -0.25) is 0 Å². The maximum absolute atomic E-state index is 12.0. The van der Waals surface area contributed by atoms with Crippen molar-refractivity contribution >= 4 is 21.1 Å². The van der Waals surface area contributed by atoms with Crippen molar-refractivity contribution in [1.82, 2.24) is 14.3 Å². The van der Waals surface area contributed by atoms with Gasteiger partial charge in [0.25, 0.3) is 0 Å². The molecule has 1 aromatic carbocycles. The summed E-state index contributed by atoms with van der Waals surface area (Å²) in [6, 6.07) is 7.87. The summed E-state index contributed by atoms with van der Waals surface area (Å²) in [6.45, 7) is 3.10. The van der Waals surface area contributed by atoms with Crippen LogP contribution in [-0.4, -0.2) is 41.5 Å². The average molecular weight is 293 g/mol. The van der Waals surface area contributed by atoms with Crippen molar-refractivity contribution in [3.63, 3.8) is 0 Å². The van der Waals surface area contributed by atoms with E-state index in [0.29, 0.717) is 13.1 Å². The molecular formula is C14H19N3O2S. The van der Waals surface area contributed by atoms with Crippen molar-refractivity contribution in [2.24, 2.45) is 0 Å². The Hall–Kier alpha value is -1.40. The zero-order valence-corrected chi connectivity index (χ0v) is 12.4. The van der Waals surface area contributed by atoms with Gasteiger partial charge in [-0.15, -0.1) is 0 Å². The highest BCUT2D eigenvalue weighted by molar-refractivity contribution is 7.89. The van der Waals surface area contributed by atoms with E-state index in [4.69, 9.17) is 0 Å². The first-order chi connectivity index (χ1) is 9.60. The Morgan fingerprint density at radius 1 is 1.35 bits per heavy atom. The summed E-state index contributed by atoms with van der Waals surface area (Å²) in [5.41, 5.74) is 1.95. The topological polar surface area (TPSA) is 66.1 Å². The molecule has 0 unspecified atom stereocenters. The number of rotatable bonds is 5. The Balaban J connectivity index is 1.68. The lowest BCUT2D eigenvalue weighted by Crippen LogP contribution is -2.49. The highest BCUT2D eigenvalue weighted by Gasteiger charge is 2.37. The second-order valence-electron chi connectivity index (χ2n) is 5.32. The van der Waals surface area contributed by atoms with E-state index < -0.39 is 10.0 Å². The number of hydrogen-bond donors (Lipinski definition) is 1. The van der Waals surface area contributed by atoms with Crippen molar-refractivity contribution in [1.29, 1.82) is 0 Å². The predicted molar refractivity (Wildman–Crippen MR) is 79.1 cm³/mol. The Morgan fingerprint density at radius 2 is 2.10 bits per heavy atom. The summed E-state index contributed by atoms with van der Waals surface area (Å²) in [5, 5.41) is 0. The number of nitrogens with zero attached hydrogens (tertiary/aromatic N) is 2. The number of unbranched alkanes of at least 4 members (excludes halogenated alkanes) is 1. The van der Waals surface area contributed by atoms with E-state index in [1.54, 1.807) is 4.31 Å². The minimum Gasteiger partial charge on any atom is -0.342 e. The van der Waals surface area contributed by atoms with Gasteiger partial charge >= 0.3 is 0 Å². The smallest absolute Gasteiger partial charge is 0.214 e. The molecule has 0 amide bonds. The third-order valence-corrected chi connectivity index (χ3v) is 5.68. The van der Waals surface area contributed by atoms with E-state index in [1.807, 2.05) is 31.2 Å².